The Balaban J connectivity index is 2.40. The van der Waals surface area contributed by atoms with Crippen molar-refractivity contribution in [3.05, 3.63) is 23.8 Å². The minimum Gasteiger partial charge on any atom is -0.303 e. The van der Waals surface area contributed by atoms with Crippen molar-refractivity contribution >= 4 is 6.29 Å². The molecule has 0 amide bonds. The Morgan fingerprint density at radius 2 is 2.36 bits per heavy atom. The van der Waals surface area contributed by atoms with Crippen LogP contribution in [0.15, 0.2) is 23.8 Å². The van der Waals surface area contributed by atoms with Gasteiger partial charge in [0.15, 0.2) is 0 Å². The second kappa shape index (κ2) is 5.79. The average molecular weight is 192 g/mol. The van der Waals surface area contributed by atoms with Crippen molar-refractivity contribution in [1.29, 1.82) is 0 Å². The molecule has 0 radical (unpaired) electrons. The molecule has 1 nitrogen and oxygen atoms in total. The van der Waals surface area contributed by atoms with Crippen LogP contribution in [0.2, 0.25) is 0 Å². The minimum absolute atomic E-state index is 0.263. The maximum Gasteiger partial charge on any atom is 0.123 e. The van der Waals surface area contributed by atoms with Crippen LogP contribution in [0.25, 0.3) is 0 Å². The summed E-state index contributed by atoms with van der Waals surface area (Å²) in [5, 5.41) is 0. The number of carbonyl (C=O) groups is 1. The Bertz CT molecular complexity index is 236. The molecule has 1 rings (SSSR count). The van der Waals surface area contributed by atoms with E-state index >= 15 is 0 Å². The quantitative estimate of drug-likeness (QED) is 0.623. The summed E-state index contributed by atoms with van der Waals surface area (Å²) in [6.07, 6.45) is 11.9. The third-order valence-corrected chi connectivity index (χ3v) is 2.57. The van der Waals surface area contributed by atoms with E-state index in [9.17, 15) is 4.79 Å². The largest absolute Gasteiger partial charge is 0.303 e. The van der Waals surface area contributed by atoms with Crippen molar-refractivity contribution in [2.45, 2.75) is 39.5 Å². The van der Waals surface area contributed by atoms with Gasteiger partial charge in [-0.1, -0.05) is 37.6 Å². The molecule has 0 heterocycles. The molecule has 1 aliphatic carbocycles. The van der Waals surface area contributed by atoms with Gasteiger partial charge in [-0.2, -0.15) is 0 Å². The van der Waals surface area contributed by atoms with Gasteiger partial charge in [-0.25, -0.2) is 0 Å². The van der Waals surface area contributed by atoms with Gasteiger partial charge in [-0.15, -0.1) is 0 Å². The summed E-state index contributed by atoms with van der Waals surface area (Å²) in [5.74, 6) is 0.982. The summed E-state index contributed by atoms with van der Waals surface area (Å²) < 4.78 is 0. The highest BCUT2D eigenvalue weighted by atomic mass is 16.1. The Kier molecular flexibility index (Phi) is 4.64. The lowest BCUT2D eigenvalue weighted by molar-refractivity contribution is -0.111. The molecular formula is C13H20O. The van der Waals surface area contributed by atoms with Crippen molar-refractivity contribution in [1.82, 2.24) is 0 Å². The van der Waals surface area contributed by atoms with E-state index in [0.29, 0.717) is 0 Å². The molecule has 1 heteroatoms. The minimum atomic E-state index is 0.263. The van der Waals surface area contributed by atoms with Gasteiger partial charge in [0.1, 0.15) is 6.29 Å². The van der Waals surface area contributed by atoms with E-state index in [4.69, 9.17) is 0 Å². The van der Waals surface area contributed by atoms with E-state index in [1.54, 1.807) is 0 Å². The lowest BCUT2D eigenvalue weighted by Crippen LogP contribution is -2.06. The standard InChI is InChI=1S/C13H20O/c1-11(2)5-3-6-12-7-4-8-13(9-12)10-14/h3,6-7,10-11,13H,4-5,8-9H2,1-2H3. The molecule has 0 bridgehead atoms. The Morgan fingerprint density at radius 1 is 1.57 bits per heavy atom. The molecule has 0 aromatic heterocycles. The van der Waals surface area contributed by atoms with Gasteiger partial charge in [0, 0.05) is 5.92 Å². The van der Waals surface area contributed by atoms with Gasteiger partial charge < -0.3 is 4.79 Å². The van der Waals surface area contributed by atoms with Crippen LogP contribution in [-0.4, -0.2) is 6.29 Å². The third-order valence-electron chi connectivity index (χ3n) is 2.57. The summed E-state index contributed by atoms with van der Waals surface area (Å²) in [4.78, 5) is 10.6. The van der Waals surface area contributed by atoms with Crippen LogP contribution in [0.4, 0.5) is 0 Å². The van der Waals surface area contributed by atoms with Gasteiger partial charge in [0.25, 0.3) is 0 Å². The van der Waals surface area contributed by atoms with Crippen LogP contribution >= 0.6 is 0 Å². The summed E-state index contributed by atoms with van der Waals surface area (Å²) in [6.45, 7) is 4.43. The highest BCUT2D eigenvalue weighted by Gasteiger charge is 2.12. The van der Waals surface area contributed by atoms with Crippen LogP contribution in [0.1, 0.15) is 39.5 Å². The Morgan fingerprint density at radius 3 is 3.00 bits per heavy atom. The molecule has 0 saturated heterocycles. The number of rotatable bonds is 4. The number of aldehydes is 1. The van der Waals surface area contributed by atoms with Crippen molar-refractivity contribution < 1.29 is 4.79 Å². The van der Waals surface area contributed by atoms with Crippen molar-refractivity contribution in [3.8, 4) is 0 Å². The van der Waals surface area contributed by atoms with Crippen molar-refractivity contribution in [2.24, 2.45) is 11.8 Å². The molecule has 0 saturated carbocycles. The molecule has 0 fully saturated rings. The monoisotopic (exact) mass is 192 g/mol. The number of carbonyl (C=O) groups excluding carboxylic acids is 1. The van der Waals surface area contributed by atoms with Crippen molar-refractivity contribution in [3.63, 3.8) is 0 Å². The fourth-order valence-electron chi connectivity index (χ4n) is 1.71. The zero-order valence-electron chi connectivity index (χ0n) is 9.20. The van der Waals surface area contributed by atoms with Crippen LogP contribution < -0.4 is 0 Å². The first-order chi connectivity index (χ1) is 6.72. The van der Waals surface area contributed by atoms with E-state index in [0.717, 1.165) is 37.9 Å². The Labute approximate surface area is 86.9 Å². The van der Waals surface area contributed by atoms with Crippen LogP contribution in [0.5, 0.6) is 0 Å². The second-order valence-corrected chi connectivity index (χ2v) is 4.49. The van der Waals surface area contributed by atoms with Crippen molar-refractivity contribution in [2.75, 3.05) is 0 Å². The van der Waals surface area contributed by atoms with Crippen LogP contribution in [0, 0.1) is 11.8 Å². The maximum atomic E-state index is 10.6. The second-order valence-electron chi connectivity index (χ2n) is 4.49. The molecule has 1 aliphatic rings. The van der Waals surface area contributed by atoms with Gasteiger partial charge in [0.2, 0.25) is 0 Å². The summed E-state index contributed by atoms with van der Waals surface area (Å²) in [6, 6.07) is 0. The first-order valence-corrected chi connectivity index (χ1v) is 5.53. The van der Waals surface area contributed by atoms with Gasteiger partial charge >= 0.3 is 0 Å². The molecule has 14 heavy (non-hydrogen) atoms. The van der Waals surface area contributed by atoms with E-state index in [2.05, 4.69) is 32.1 Å². The molecule has 0 aliphatic heterocycles. The molecule has 0 aromatic rings. The maximum absolute atomic E-state index is 10.6. The van der Waals surface area contributed by atoms with Gasteiger partial charge in [-0.05, 0) is 31.6 Å². The Hall–Kier alpha value is -0.850. The zero-order valence-corrected chi connectivity index (χ0v) is 9.20. The first-order valence-electron chi connectivity index (χ1n) is 5.53. The molecular weight excluding hydrogens is 172 g/mol. The van der Waals surface area contributed by atoms with E-state index in [1.807, 2.05) is 0 Å². The summed E-state index contributed by atoms with van der Waals surface area (Å²) >= 11 is 0. The fourth-order valence-corrected chi connectivity index (χ4v) is 1.71. The van der Waals surface area contributed by atoms with Crippen LogP contribution in [0.3, 0.4) is 0 Å². The fraction of sp³-hybridized carbons (Fsp3) is 0.615. The molecule has 1 atom stereocenters. The molecule has 0 aromatic carbocycles. The van der Waals surface area contributed by atoms with Gasteiger partial charge in [-0.3, -0.25) is 0 Å². The highest BCUT2D eigenvalue weighted by molar-refractivity contribution is 5.55. The predicted octanol–water partition coefficient (Wildman–Crippen LogP) is 3.51. The van der Waals surface area contributed by atoms with E-state index in [1.165, 1.54) is 5.57 Å². The predicted molar refractivity (Wildman–Crippen MR) is 60.1 cm³/mol. The number of allylic oxidation sites excluding steroid dienone is 4. The van der Waals surface area contributed by atoms with Crippen LogP contribution in [-0.2, 0) is 4.79 Å². The first kappa shape index (κ1) is 11.2. The summed E-state index contributed by atoms with van der Waals surface area (Å²) in [5.41, 5.74) is 1.34. The molecule has 0 spiro atoms. The van der Waals surface area contributed by atoms with Gasteiger partial charge in [0.05, 0.1) is 0 Å². The topological polar surface area (TPSA) is 17.1 Å². The van der Waals surface area contributed by atoms with E-state index in [-0.39, 0.29) is 5.92 Å². The lowest BCUT2D eigenvalue weighted by atomic mass is 9.89. The normalized spacial score (nSPS) is 22.8. The number of hydrogen-bond donors (Lipinski definition) is 0. The SMILES string of the molecule is CC(C)CC=CC1=CCCC(C=O)C1. The number of hydrogen-bond acceptors (Lipinski definition) is 1. The zero-order chi connectivity index (χ0) is 10.4. The highest BCUT2D eigenvalue weighted by Crippen LogP contribution is 2.23. The lowest BCUT2D eigenvalue weighted by Gasteiger charge is -2.15. The average Bonchev–Trinajstić information content (AvgIpc) is 2.18. The summed E-state index contributed by atoms with van der Waals surface area (Å²) in [7, 11) is 0. The molecule has 1 unspecified atom stereocenters. The third kappa shape index (κ3) is 3.91. The smallest absolute Gasteiger partial charge is 0.123 e. The molecule has 78 valence electrons. The van der Waals surface area contributed by atoms with E-state index < -0.39 is 0 Å². The molecule has 0 N–H and O–H groups in total.